The highest BCUT2D eigenvalue weighted by Gasteiger charge is 2.16. The van der Waals surface area contributed by atoms with E-state index in [1.54, 1.807) is 24.3 Å². The molecule has 0 N–H and O–H groups in total. The summed E-state index contributed by atoms with van der Waals surface area (Å²) in [5.74, 6) is -1.72. The van der Waals surface area contributed by atoms with Gasteiger partial charge >= 0.3 is 5.97 Å². The second kappa shape index (κ2) is 10.1. The van der Waals surface area contributed by atoms with Gasteiger partial charge in [0.1, 0.15) is 5.82 Å². The summed E-state index contributed by atoms with van der Waals surface area (Å²) in [4.78, 5) is 25.6. The van der Waals surface area contributed by atoms with Crippen LogP contribution in [-0.2, 0) is 14.3 Å². The smallest absolute Gasteiger partial charge is 0.331 e. The number of nitrogens with zero attached hydrogens (tertiary/aromatic N) is 2. The van der Waals surface area contributed by atoms with E-state index in [9.17, 15) is 14.0 Å². The van der Waals surface area contributed by atoms with Gasteiger partial charge in [-0.3, -0.25) is 4.79 Å². The molecule has 2 rings (SSSR count). The number of para-hydroxylation sites is 1. The molecule has 0 heterocycles. The number of benzene rings is 2. The van der Waals surface area contributed by atoms with E-state index < -0.39 is 24.3 Å². The maximum Gasteiger partial charge on any atom is 0.331 e. The van der Waals surface area contributed by atoms with Crippen molar-refractivity contribution in [1.29, 1.82) is 5.26 Å². The fraction of sp³-hybridized carbons (Fsp3) is 0.150. The average Bonchev–Trinajstić information content (AvgIpc) is 2.68. The van der Waals surface area contributed by atoms with Crippen molar-refractivity contribution in [2.75, 3.05) is 18.1 Å². The summed E-state index contributed by atoms with van der Waals surface area (Å²) in [7, 11) is 0. The van der Waals surface area contributed by atoms with Gasteiger partial charge in [0, 0.05) is 18.3 Å². The molecule has 0 fully saturated rings. The Morgan fingerprint density at radius 2 is 1.96 bits per heavy atom. The number of nitriles is 1. The molecular formula is C20H16ClFN2O3. The lowest BCUT2D eigenvalue weighted by Gasteiger charge is -2.21. The van der Waals surface area contributed by atoms with E-state index in [0.29, 0.717) is 11.3 Å². The van der Waals surface area contributed by atoms with Crippen LogP contribution >= 0.6 is 11.6 Å². The molecule has 0 saturated carbocycles. The van der Waals surface area contributed by atoms with Crippen LogP contribution in [0.4, 0.5) is 10.1 Å². The van der Waals surface area contributed by atoms with E-state index in [1.165, 1.54) is 29.2 Å². The number of esters is 1. The highest BCUT2D eigenvalue weighted by Crippen LogP contribution is 2.17. The molecular weight excluding hydrogens is 371 g/mol. The molecule has 0 atom stereocenters. The summed E-state index contributed by atoms with van der Waals surface area (Å²) in [6, 6.07) is 14.8. The fourth-order valence-electron chi connectivity index (χ4n) is 2.21. The number of halogens is 2. The fourth-order valence-corrected chi connectivity index (χ4v) is 2.40. The van der Waals surface area contributed by atoms with Gasteiger partial charge in [-0.25, -0.2) is 9.18 Å². The number of ether oxygens (including phenoxy) is 1. The van der Waals surface area contributed by atoms with E-state index in [2.05, 4.69) is 0 Å². The summed E-state index contributed by atoms with van der Waals surface area (Å²) in [6.45, 7) is -0.269. The molecule has 27 heavy (non-hydrogen) atoms. The molecule has 5 nitrogen and oxygen atoms in total. The van der Waals surface area contributed by atoms with E-state index in [4.69, 9.17) is 21.6 Å². The van der Waals surface area contributed by atoms with Gasteiger partial charge in [0.25, 0.3) is 5.91 Å². The van der Waals surface area contributed by atoms with Crippen LogP contribution in [0.1, 0.15) is 12.0 Å². The minimum absolute atomic E-state index is 0.0586. The molecule has 0 unspecified atom stereocenters. The molecule has 2 aromatic carbocycles. The summed E-state index contributed by atoms with van der Waals surface area (Å²) >= 11 is 5.67. The second-order valence-electron chi connectivity index (χ2n) is 5.40. The zero-order chi connectivity index (χ0) is 19.6. The Bertz CT molecular complexity index is 879. The third-order valence-corrected chi connectivity index (χ3v) is 3.80. The lowest BCUT2D eigenvalue weighted by Crippen LogP contribution is -2.35. The summed E-state index contributed by atoms with van der Waals surface area (Å²) < 4.78 is 18.1. The molecule has 0 saturated heterocycles. The van der Waals surface area contributed by atoms with Crippen LogP contribution in [0.3, 0.4) is 0 Å². The largest absolute Gasteiger partial charge is 0.452 e. The van der Waals surface area contributed by atoms with Crippen molar-refractivity contribution in [3.05, 3.63) is 71.0 Å². The molecule has 0 bridgehead atoms. The number of amides is 1. The van der Waals surface area contributed by atoms with Crippen LogP contribution < -0.4 is 4.90 Å². The monoisotopic (exact) mass is 386 g/mol. The number of hydrogen-bond acceptors (Lipinski definition) is 4. The maximum absolute atomic E-state index is 13.1. The SMILES string of the molecule is N#CCCN(C(=O)COC(=O)/C=C/c1ccc(F)c(Cl)c1)c1ccccc1. The molecule has 1 amide bonds. The number of anilines is 1. The van der Waals surface area contributed by atoms with Crippen molar-refractivity contribution in [3.63, 3.8) is 0 Å². The van der Waals surface area contributed by atoms with Crippen molar-refractivity contribution < 1.29 is 18.7 Å². The molecule has 0 spiro atoms. The predicted octanol–water partition coefficient (Wildman–Crippen LogP) is 3.98. The Morgan fingerprint density at radius 3 is 2.63 bits per heavy atom. The number of carbonyl (C=O) groups is 2. The first-order chi connectivity index (χ1) is 13.0. The zero-order valence-electron chi connectivity index (χ0n) is 14.3. The molecule has 0 aliphatic carbocycles. The van der Waals surface area contributed by atoms with Crippen LogP contribution in [0.25, 0.3) is 6.08 Å². The van der Waals surface area contributed by atoms with Gasteiger partial charge in [-0.2, -0.15) is 5.26 Å². The highest BCUT2D eigenvalue weighted by molar-refractivity contribution is 6.30. The molecule has 2 aromatic rings. The number of carbonyl (C=O) groups excluding carboxylic acids is 2. The summed E-state index contributed by atoms with van der Waals surface area (Å²) in [5, 5.41) is 8.70. The molecule has 0 radical (unpaired) electrons. The van der Waals surface area contributed by atoms with Crippen molar-refractivity contribution in [2.45, 2.75) is 6.42 Å². The standard InChI is InChI=1S/C20H16ClFN2O3/c21-17-13-15(7-9-18(17)22)8-10-20(26)27-14-19(25)24(12-4-11-23)16-5-2-1-3-6-16/h1-3,5-10,13H,4,12,14H2/b10-8+. The van der Waals surface area contributed by atoms with E-state index in [-0.39, 0.29) is 18.0 Å². The van der Waals surface area contributed by atoms with Crippen LogP contribution in [0, 0.1) is 17.1 Å². The van der Waals surface area contributed by atoms with Crippen molar-refractivity contribution in [2.24, 2.45) is 0 Å². The van der Waals surface area contributed by atoms with Crippen molar-refractivity contribution in [3.8, 4) is 6.07 Å². The third kappa shape index (κ3) is 6.24. The van der Waals surface area contributed by atoms with E-state index in [0.717, 1.165) is 6.08 Å². The Hall–Kier alpha value is -3.17. The molecule has 0 aliphatic heterocycles. The summed E-state index contributed by atoms with van der Waals surface area (Å²) in [6.07, 6.45) is 2.68. The summed E-state index contributed by atoms with van der Waals surface area (Å²) in [5.41, 5.74) is 1.13. The quantitative estimate of drug-likeness (QED) is 0.533. The van der Waals surface area contributed by atoms with Gasteiger partial charge in [0.2, 0.25) is 0 Å². The van der Waals surface area contributed by atoms with Crippen LogP contribution in [0.5, 0.6) is 0 Å². The molecule has 138 valence electrons. The van der Waals surface area contributed by atoms with Gasteiger partial charge in [-0.15, -0.1) is 0 Å². The molecule has 0 aromatic heterocycles. The minimum atomic E-state index is -0.725. The van der Waals surface area contributed by atoms with E-state index >= 15 is 0 Å². The minimum Gasteiger partial charge on any atom is -0.452 e. The lowest BCUT2D eigenvalue weighted by atomic mass is 10.2. The normalized spacial score (nSPS) is 10.4. The van der Waals surface area contributed by atoms with Gasteiger partial charge in [-0.1, -0.05) is 35.9 Å². The average molecular weight is 387 g/mol. The van der Waals surface area contributed by atoms with Crippen LogP contribution in [0.15, 0.2) is 54.6 Å². The second-order valence-corrected chi connectivity index (χ2v) is 5.81. The van der Waals surface area contributed by atoms with E-state index in [1.807, 2.05) is 12.1 Å². The zero-order valence-corrected chi connectivity index (χ0v) is 15.0. The predicted molar refractivity (Wildman–Crippen MR) is 100 cm³/mol. The lowest BCUT2D eigenvalue weighted by molar-refractivity contribution is -0.142. The van der Waals surface area contributed by atoms with Crippen molar-refractivity contribution in [1.82, 2.24) is 0 Å². The maximum atomic E-state index is 13.1. The topological polar surface area (TPSA) is 70.4 Å². The Labute approximate surface area is 161 Å². The van der Waals surface area contributed by atoms with Crippen molar-refractivity contribution >= 4 is 35.2 Å². The number of rotatable bonds is 7. The van der Waals surface area contributed by atoms with Gasteiger partial charge in [-0.05, 0) is 35.9 Å². The molecule has 0 aliphatic rings. The Balaban J connectivity index is 1.95. The van der Waals surface area contributed by atoms with Gasteiger partial charge < -0.3 is 9.64 Å². The first kappa shape index (κ1) is 20.1. The molecule has 7 heteroatoms. The Kier molecular flexibility index (Phi) is 7.53. The van der Waals surface area contributed by atoms with Gasteiger partial charge in [0.05, 0.1) is 17.5 Å². The van der Waals surface area contributed by atoms with Crippen LogP contribution in [-0.4, -0.2) is 25.0 Å². The third-order valence-electron chi connectivity index (χ3n) is 3.51. The van der Waals surface area contributed by atoms with Gasteiger partial charge in [0.15, 0.2) is 6.61 Å². The number of hydrogen-bond donors (Lipinski definition) is 0. The van der Waals surface area contributed by atoms with Crippen LogP contribution in [0.2, 0.25) is 5.02 Å². The highest BCUT2D eigenvalue weighted by atomic mass is 35.5. The first-order valence-electron chi connectivity index (χ1n) is 8.03. The Morgan fingerprint density at radius 1 is 1.22 bits per heavy atom. The first-order valence-corrected chi connectivity index (χ1v) is 8.41.